The summed E-state index contributed by atoms with van der Waals surface area (Å²) in [7, 11) is 1.49. The molecule has 2 aliphatic heterocycles. The first-order valence-corrected chi connectivity index (χ1v) is 9.75. The summed E-state index contributed by atoms with van der Waals surface area (Å²) < 4.78 is 5.74. The summed E-state index contributed by atoms with van der Waals surface area (Å²) in [4.78, 5) is 51.3. The zero-order chi connectivity index (χ0) is 20.8. The summed E-state index contributed by atoms with van der Waals surface area (Å²) in [5.41, 5.74) is 0.399. The van der Waals surface area contributed by atoms with Crippen LogP contribution in [0, 0.1) is 0 Å². The molecule has 1 aromatic carbocycles. The molecule has 0 radical (unpaired) electrons. The van der Waals surface area contributed by atoms with Crippen molar-refractivity contribution in [1.29, 1.82) is 0 Å². The van der Waals surface area contributed by atoms with Crippen LogP contribution in [0.2, 0.25) is 0 Å². The van der Waals surface area contributed by atoms with E-state index in [0.717, 1.165) is 32.7 Å². The molecule has 29 heavy (non-hydrogen) atoms. The van der Waals surface area contributed by atoms with Gasteiger partial charge in [0.05, 0.1) is 5.56 Å². The van der Waals surface area contributed by atoms with Gasteiger partial charge in [0, 0.05) is 51.8 Å². The molecular formula is C20H26N4O5. The Balaban J connectivity index is 1.63. The predicted molar refractivity (Wildman–Crippen MR) is 105 cm³/mol. The van der Waals surface area contributed by atoms with Crippen molar-refractivity contribution in [2.45, 2.75) is 18.9 Å². The van der Waals surface area contributed by atoms with Crippen molar-refractivity contribution < 1.29 is 23.9 Å². The molecule has 0 bridgehead atoms. The van der Waals surface area contributed by atoms with Crippen LogP contribution in [0.3, 0.4) is 0 Å². The number of rotatable bonds is 7. The molecule has 2 N–H and O–H groups in total. The number of benzene rings is 1. The fourth-order valence-electron chi connectivity index (χ4n) is 3.53. The normalized spacial score (nSPS) is 20.1. The van der Waals surface area contributed by atoms with E-state index in [2.05, 4.69) is 15.5 Å². The van der Waals surface area contributed by atoms with Gasteiger partial charge in [-0.15, -0.1) is 0 Å². The molecule has 9 heteroatoms. The lowest BCUT2D eigenvalue weighted by atomic mass is 10.0. The van der Waals surface area contributed by atoms with Crippen molar-refractivity contribution in [2.75, 3.05) is 46.4 Å². The molecule has 1 unspecified atom stereocenters. The van der Waals surface area contributed by atoms with Gasteiger partial charge in [0.2, 0.25) is 11.8 Å². The molecular weight excluding hydrogens is 376 g/mol. The maximum Gasteiger partial charge on any atom is 0.255 e. The van der Waals surface area contributed by atoms with Crippen LogP contribution in [0.25, 0.3) is 0 Å². The first-order valence-electron chi connectivity index (χ1n) is 9.75. The van der Waals surface area contributed by atoms with Crippen molar-refractivity contribution >= 4 is 24.0 Å². The van der Waals surface area contributed by atoms with Crippen molar-refractivity contribution in [1.82, 2.24) is 20.4 Å². The van der Waals surface area contributed by atoms with Crippen molar-refractivity contribution in [2.24, 2.45) is 0 Å². The number of hydrogen-bond donors (Lipinski definition) is 2. The molecule has 1 aromatic rings. The van der Waals surface area contributed by atoms with Crippen LogP contribution in [-0.2, 0) is 9.59 Å². The fraction of sp³-hybridized carbons (Fsp3) is 0.500. The molecule has 2 fully saturated rings. The van der Waals surface area contributed by atoms with E-state index >= 15 is 0 Å². The van der Waals surface area contributed by atoms with Crippen molar-refractivity contribution in [3.8, 4) is 5.75 Å². The number of carbonyl (C=O) groups excluding carboxylic acids is 4. The molecule has 0 saturated carbocycles. The van der Waals surface area contributed by atoms with E-state index in [1.165, 1.54) is 24.1 Å². The van der Waals surface area contributed by atoms with E-state index in [4.69, 9.17) is 4.74 Å². The maximum absolute atomic E-state index is 12.8. The van der Waals surface area contributed by atoms with Gasteiger partial charge in [0.1, 0.15) is 18.4 Å². The zero-order valence-electron chi connectivity index (χ0n) is 16.5. The summed E-state index contributed by atoms with van der Waals surface area (Å²) in [5, 5.41) is 5.53. The smallest absolute Gasteiger partial charge is 0.255 e. The summed E-state index contributed by atoms with van der Waals surface area (Å²) in [6.45, 7) is 5.16. The number of amides is 3. The molecule has 2 saturated heterocycles. The minimum atomic E-state index is -0.741. The highest BCUT2D eigenvalue weighted by Crippen LogP contribution is 2.20. The standard InChI is InChI=1S/C20H26N4O5/c1-23(17-4-5-18(26)22-19(17)27)20(28)16-3-2-15(12-14(16)13-25)29-11-10-24-8-6-21-7-9-24/h2-3,12-13,17,21H,4-11H2,1H3,(H,22,26,27). The van der Waals surface area contributed by atoms with Gasteiger partial charge in [-0.05, 0) is 24.6 Å². The van der Waals surface area contributed by atoms with E-state index < -0.39 is 17.9 Å². The number of piperazine rings is 1. The van der Waals surface area contributed by atoms with E-state index in [9.17, 15) is 19.2 Å². The maximum atomic E-state index is 12.8. The molecule has 0 aromatic heterocycles. The summed E-state index contributed by atoms with van der Waals surface area (Å²) in [6.07, 6.45) is 1.04. The average molecular weight is 402 g/mol. The number of carbonyl (C=O) groups is 4. The SMILES string of the molecule is CN(C(=O)c1ccc(OCCN2CCNCC2)cc1C=O)C1CCC(=O)NC1=O. The Morgan fingerprint density at radius 1 is 1.31 bits per heavy atom. The largest absolute Gasteiger partial charge is 0.492 e. The zero-order valence-corrected chi connectivity index (χ0v) is 16.5. The minimum absolute atomic E-state index is 0.175. The molecule has 2 aliphatic rings. The Bertz CT molecular complexity index is 791. The van der Waals surface area contributed by atoms with Crippen LogP contribution in [0.4, 0.5) is 0 Å². The van der Waals surface area contributed by atoms with Gasteiger partial charge >= 0.3 is 0 Å². The fourth-order valence-corrected chi connectivity index (χ4v) is 3.53. The molecule has 1 atom stereocenters. The predicted octanol–water partition coefficient (Wildman–Crippen LogP) is -0.340. The molecule has 9 nitrogen and oxygen atoms in total. The molecule has 0 aliphatic carbocycles. The molecule has 0 spiro atoms. The van der Waals surface area contributed by atoms with Crippen molar-refractivity contribution in [3.05, 3.63) is 29.3 Å². The number of imide groups is 1. The Morgan fingerprint density at radius 2 is 2.07 bits per heavy atom. The second kappa shape index (κ2) is 9.62. The lowest BCUT2D eigenvalue weighted by Gasteiger charge is -2.30. The van der Waals surface area contributed by atoms with Crippen LogP contribution in [0.5, 0.6) is 5.75 Å². The highest BCUT2D eigenvalue weighted by Gasteiger charge is 2.33. The Kier molecular flexibility index (Phi) is 6.95. The summed E-state index contributed by atoms with van der Waals surface area (Å²) >= 11 is 0. The summed E-state index contributed by atoms with van der Waals surface area (Å²) in [6, 6.07) is 3.98. The van der Waals surface area contributed by atoms with Crippen LogP contribution in [0.15, 0.2) is 18.2 Å². The molecule has 2 heterocycles. The second-order valence-electron chi connectivity index (χ2n) is 7.19. The van der Waals surface area contributed by atoms with Gasteiger partial charge in [-0.3, -0.25) is 29.4 Å². The third-order valence-electron chi connectivity index (χ3n) is 5.26. The van der Waals surface area contributed by atoms with Crippen LogP contribution in [-0.4, -0.2) is 86.2 Å². The van der Waals surface area contributed by atoms with E-state index in [1.54, 1.807) is 6.07 Å². The third kappa shape index (κ3) is 5.18. The third-order valence-corrected chi connectivity index (χ3v) is 5.26. The monoisotopic (exact) mass is 402 g/mol. The van der Waals surface area contributed by atoms with Crippen LogP contribution >= 0.6 is 0 Å². The number of ether oxygens (including phenoxy) is 1. The highest BCUT2D eigenvalue weighted by atomic mass is 16.5. The number of aldehydes is 1. The lowest BCUT2D eigenvalue weighted by Crippen LogP contribution is -2.53. The van der Waals surface area contributed by atoms with Gasteiger partial charge < -0.3 is 15.0 Å². The number of likely N-dealkylation sites (N-methyl/N-ethyl adjacent to an activating group) is 1. The first kappa shape index (κ1) is 20.9. The Morgan fingerprint density at radius 3 is 2.76 bits per heavy atom. The van der Waals surface area contributed by atoms with Gasteiger partial charge in [-0.25, -0.2) is 0 Å². The highest BCUT2D eigenvalue weighted by molar-refractivity contribution is 6.06. The Hall–Kier alpha value is -2.78. The van der Waals surface area contributed by atoms with Gasteiger partial charge in [-0.1, -0.05) is 0 Å². The van der Waals surface area contributed by atoms with Crippen molar-refractivity contribution in [3.63, 3.8) is 0 Å². The van der Waals surface area contributed by atoms with Crippen LogP contribution < -0.4 is 15.4 Å². The van der Waals surface area contributed by atoms with Crippen LogP contribution in [0.1, 0.15) is 33.6 Å². The second-order valence-corrected chi connectivity index (χ2v) is 7.19. The molecule has 3 amide bonds. The number of nitrogens with one attached hydrogen (secondary N) is 2. The number of nitrogens with zero attached hydrogens (tertiary/aromatic N) is 2. The quantitative estimate of drug-likeness (QED) is 0.475. The van der Waals surface area contributed by atoms with E-state index in [1.807, 2.05) is 0 Å². The summed E-state index contributed by atoms with van der Waals surface area (Å²) in [5.74, 6) is -0.781. The van der Waals surface area contributed by atoms with Gasteiger partial charge in [0.15, 0.2) is 6.29 Å². The molecule has 3 rings (SSSR count). The number of hydrogen-bond acceptors (Lipinski definition) is 7. The van der Waals surface area contributed by atoms with E-state index in [-0.39, 0.29) is 29.9 Å². The topological polar surface area (TPSA) is 108 Å². The minimum Gasteiger partial charge on any atom is -0.492 e. The number of piperidine rings is 1. The van der Waals surface area contributed by atoms with E-state index in [0.29, 0.717) is 18.6 Å². The van der Waals surface area contributed by atoms with Gasteiger partial charge in [-0.2, -0.15) is 0 Å². The molecule has 156 valence electrons. The van der Waals surface area contributed by atoms with Gasteiger partial charge in [0.25, 0.3) is 5.91 Å². The lowest BCUT2D eigenvalue weighted by molar-refractivity contribution is -0.136. The Labute approximate surface area is 169 Å². The average Bonchev–Trinajstić information content (AvgIpc) is 2.73. The first-order chi connectivity index (χ1) is 14.0.